The second-order valence-electron chi connectivity index (χ2n) is 9.60. The molecule has 9 nitrogen and oxygen atoms in total. The summed E-state index contributed by atoms with van der Waals surface area (Å²) in [4.78, 5) is 41.5. The Morgan fingerprint density at radius 2 is 1.87 bits per heavy atom. The number of ether oxygens (including phenoxy) is 2. The highest BCUT2D eigenvalue weighted by Crippen LogP contribution is 2.39. The van der Waals surface area contributed by atoms with E-state index in [1.807, 2.05) is 0 Å². The lowest BCUT2D eigenvalue weighted by molar-refractivity contribution is -0.386. The number of fused-ring (bicyclic) bond motifs is 1. The molecular formula is C30H19BrCl2F3N3O6S. The van der Waals surface area contributed by atoms with Crippen LogP contribution in [0.3, 0.4) is 0 Å². The number of alkyl halides is 3. The fourth-order valence-corrected chi connectivity index (χ4v) is 6.58. The first-order valence-corrected chi connectivity index (χ1v) is 15.6. The van der Waals surface area contributed by atoms with Gasteiger partial charge in [0, 0.05) is 21.7 Å². The normalized spacial score (nSPS) is 14.9. The van der Waals surface area contributed by atoms with Crippen molar-refractivity contribution in [3.05, 3.63) is 133 Å². The molecule has 0 amide bonds. The molecule has 1 atom stereocenters. The lowest BCUT2D eigenvalue weighted by atomic mass is 9.95. The molecular weight excluding hydrogens is 738 g/mol. The quantitative estimate of drug-likeness (QED) is 0.110. The number of esters is 1. The summed E-state index contributed by atoms with van der Waals surface area (Å²) in [5.74, 6) is -1.39. The van der Waals surface area contributed by atoms with Gasteiger partial charge < -0.3 is 9.47 Å². The topological polar surface area (TPSA) is 113 Å². The minimum absolute atomic E-state index is 0.0773. The highest BCUT2D eigenvalue weighted by Gasteiger charge is 2.45. The number of carbonyl (C=O) groups excluding carboxylic acids is 1. The Labute approximate surface area is 280 Å². The van der Waals surface area contributed by atoms with Gasteiger partial charge in [-0.25, -0.2) is 9.79 Å². The summed E-state index contributed by atoms with van der Waals surface area (Å²) in [6.07, 6.45) is -3.80. The van der Waals surface area contributed by atoms with Gasteiger partial charge in [-0.3, -0.25) is 19.5 Å². The second-order valence-corrected chi connectivity index (χ2v) is 12.3. The molecule has 3 aromatic carbocycles. The maximum atomic E-state index is 14.3. The summed E-state index contributed by atoms with van der Waals surface area (Å²) in [5, 5.41) is 12.7. The zero-order valence-electron chi connectivity index (χ0n) is 23.3. The van der Waals surface area contributed by atoms with E-state index >= 15 is 0 Å². The van der Waals surface area contributed by atoms with E-state index in [2.05, 4.69) is 20.9 Å². The third kappa shape index (κ3) is 6.75. The van der Waals surface area contributed by atoms with Crippen molar-refractivity contribution in [2.24, 2.45) is 4.99 Å². The number of thiazole rings is 1. The van der Waals surface area contributed by atoms with Crippen LogP contribution in [0.5, 0.6) is 5.75 Å². The number of allylic oxidation sites excluding steroid dienone is 1. The van der Waals surface area contributed by atoms with Crippen molar-refractivity contribution in [1.82, 2.24) is 4.57 Å². The zero-order valence-corrected chi connectivity index (χ0v) is 27.2. The Morgan fingerprint density at radius 3 is 2.50 bits per heavy atom. The number of rotatable bonds is 8. The number of nitro groups is 1. The van der Waals surface area contributed by atoms with Gasteiger partial charge in [-0.15, -0.1) is 0 Å². The van der Waals surface area contributed by atoms with Crippen molar-refractivity contribution in [3.63, 3.8) is 0 Å². The summed E-state index contributed by atoms with van der Waals surface area (Å²) in [6, 6.07) is 13.5. The maximum Gasteiger partial charge on any atom is 0.434 e. The molecule has 0 saturated carbocycles. The molecule has 0 saturated heterocycles. The molecule has 1 aromatic heterocycles. The van der Waals surface area contributed by atoms with Gasteiger partial charge in [0.05, 0.1) is 32.2 Å². The van der Waals surface area contributed by atoms with Crippen molar-refractivity contribution < 1.29 is 32.4 Å². The van der Waals surface area contributed by atoms with E-state index in [1.54, 1.807) is 24.3 Å². The second kappa shape index (κ2) is 13.4. The number of nitro benzene ring substituents is 1. The summed E-state index contributed by atoms with van der Waals surface area (Å²) >= 11 is 16.1. The maximum absolute atomic E-state index is 14.3. The number of aromatic nitrogens is 1. The molecule has 0 unspecified atom stereocenters. The largest absolute Gasteiger partial charge is 0.481 e. The van der Waals surface area contributed by atoms with Crippen molar-refractivity contribution in [3.8, 4) is 5.75 Å². The third-order valence-corrected chi connectivity index (χ3v) is 8.84. The smallest absolute Gasteiger partial charge is 0.434 e. The first-order chi connectivity index (χ1) is 21.8. The summed E-state index contributed by atoms with van der Waals surface area (Å²) in [7, 11) is 0. The molecule has 0 bridgehead atoms. The van der Waals surface area contributed by atoms with Gasteiger partial charge in [0.15, 0.2) is 10.5 Å². The van der Waals surface area contributed by atoms with Crippen LogP contribution in [0, 0.1) is 10.1 Å². The number of hydrogen-bond donors (Lipinski definition) is 0. The number of carbonyl (C=O) groups is 1. The van der Waals surface area contributed by atoms with Gasteiger partial charge in [-0.1, -0.05) is 64.9 Å². The minimum atomic E-state index is -5.08. The van der Waals surface area contributed by atoms with E-state index in [0.717, 1.165) is 10.6 Å². The van der Waals surface area contributed by atoms with Crippen LogP contribution in [-0.4, -0.2) is 28.2 Å². The van der Waals surface area contributed by atoms with Crippen LogP contribution in [0.25, 0.3) is 6.08 Å². The molecule has 0 spiro atoms. The van der Waals surface area contributed by atoms with Crippen molar-refractivity contribution >= 4 is 68.2 Å². The number of hydrogen-bond acceptors (Lipinski definition) is 8. The lowest BCUT2D eigenvalue weighted by Gasteiger charge is -2.26. The van der Waals surface area contributed by atoms with Gasteiger partial charge in [0.1, 0.15) is 6.61 Å². The van der Waals surface area contributed by atoms with Crippen molar-refractivity contribution in [1.29, 1.82) is 0 Å². The molecule has 5 rings (SSSR count). The van der Waals surface area contributed by atoms with Crippen LogP contribution in [0.2, 0.25) is 10.0 Å². The van der Waals surface area contributed by atoms with Crippen LogP contribution in [0.15, 0.2) is 86.2 Å². The van der Waals surface area contributed by atoms with Crippen LogP contribution in [-0.2, 0) is 16.1 Å². The average molecular weight is 757 g/mol. The van der Waals surface area contributed by atoms with E-state index in [9.17, 15) is 32.9 Å². The van der Waals surface area contributed by atoms with Crippen molar-refractivity contribution in [2.75, 3.05) is 6.61 Å². The Bertz CT molecular complexity index is 2080. The highest BCUT2D eigenvalue weighted by atomic mass is 79.9. The molecule has 1 aliphatic rings. The fraction of sp³-hybridized carbons (Fsp3) is 0.167. The molecule has 4 aromatic rings. The SMILES string of the molecule is CCOC(=O)C1=C(C(F)(F)F)N=c2s/c(=C\c3cc(Br)c(OCc4ccccc4Cl)c([N+](=O)[O-])c3)c(=O)n2[C@@H]1c1ccc(Cl)cc1. The molecule has 46 heavy (non-hydrogen) atoms. The first-order valence-electron chi connectivity index (χ1n) is 13.2. The van der Waals surface area contributed by atoms with Gasteiger partial charge in [0.25, 0.3) is 5.56 Å². The standard InChI is InChI=1S/C30H19BrCl2F3N3O6S/c1-2-44-28(41)23-24(16-7-9-18(32)10-8-16)38-27(40)22(46-29(38)37-26(23)30(34,35)36)13-15-11-19(31)25(21(12-15)39(42)43)45-14-17-5-3-4-6-20(17)33/h3-13,24H,2,14H2,1H3/b22-13-/t24-/m1/s1. The van der Waals surface area contributed by atoms with Gasteiger partial charge in [-0.05, 0) is 64.3 Å². The molecule has 1 aliphatic heterocycles. The average Bonchev–Trinajstić information content (AvgIpc) is 3.30. The Morgan fingerprint density at radius 1 is 1.17 bits per heavy atom. The Kier molecular flexibility index (Phi) is 9.73. The van der Waals surface area contributed by atoms with E-state index in [1.165, 1.54) is 43.3 Å². The Balaban J connectivity index is 1.67. The van der Waals surface area contributed by atoms with Crippen LogP contribution >= 0.6 is 50.5 Å². The van der Waals surface area contributed by atoms with Gasteiger partial charge in [-0.2, -0.15) is 13.2 Å². The monoisotopic (exact) mass is 755 g/mol. The molecule has 238 valence electrons. The molecule has 0 radical (unpaired) electrons. The predicted octanol–water partition coefficient (Wildman–Crippen LogP) is 6.90. The zero-order chi connectivity index (χ0) is 33.3. The van der Waals surface area contributed by atoms with Crippen LogP contribution in [0.4, 0.5) is 18.9 Å². The summed E-state index contributed by atoms with van der Waals surface area (Å²) in [5.41, 5.74) is -2.70. The first kappa shape index (κ1) is 33.4. The summed E-state index contributed by atoms with van der Waals surface area (Å²) < 4.78 is 54.7. The minimum Gasteiger partial charge on any atom is -0.481 e. The number of nitrogens with zero attached hydrogens (tertiary/aromatic N) is 3. The van der Waals surface area contributed by atoms with Gasteiger partial charge in [0.2, 0.25) is 5.75 Å². The van der Waals surface area contributed by atoms with Gasteiger partial charge >= 0.3 is 17.8 Å². The molecule has 0 aliphatic carbocycles. The third-order valence-electron chi connectivity index (χ3n) is 6.65. The fourth-order valence-electron chi connectivity index (χ4n) is 4.68. The molecule has 16 heteroatoms. The van der Waals surface area contributed by atoms with Crippen molar-refractivity contribution in [2.45, 2.75) is 25.7 Å². The van der Waals surface area contributed by atoms with E-state index in [4.69, 9.17) is 32.7 Å². The van der Waals surface area contributed by atoms with E-state index in [-0.39, 0.29) is 48.9 Å². The number of halogens is 6. The molecule has 0 fully saturated rings. The molecule has 2 heterocycles. The highest BCUT2D eigenvalue weighted by molar-refractivity contribution is 9.10. The molecule has 0 N–H and O–H groups in total. The predicted molar refractivity (Wildman–Crippen MR) is 169 cm³/mol. The number of benzene rings is 3. The van der Waals surface area contributed by atoms with E-state index in [0.29, 0.717) is 21.9 Å². The summed E-state index contributed by atoms with van der Waals surface area (Å²) in [6.45, 7) is 1.13. The Hall–Kier alpha value is -3.98. The van der Waals surface area contributed by atoms with Crippen LogP contribution in [0.1, 0.15) is 29.7 Å². The van der Waals surface area contributed by atoms with E-state index < -0.39 is 45.6 Å². The lowest BCUT2D eigenvalue weighted by Crippen LogP contribution is -2.41. The van der Waals surface area contributed by atoms with Crippen LogP contribution < -0.4 is 19.6 Å².